The molecular weight excluding hydrogens is 202 g/mol. The number of hydrogen-bond acceptors (Lipinski definition) is 4. The van der Waals surface area contributed by atoms with Crippen molar-refractivity contribution in [3.63, 3.8) is 0 Å². The molecule has 1 N–H and O–H groups in total. The molecule has 72 valence electrons. The Morgan fingerprint density at radius 1 is 1.64 bits per heavy atom. The standard InChI is InChI=1S/C8H7N3O2S/c1-11-6(3-9-10-11)7-2-5(4-14-7)8(12)13/h2-4H,1H3,(H,12,13). The van der Waals surface area contributed by atoms with E-state index in [1.165, 1.54) is 11.3 Å². The van der Waals surface area contributed by atoms with Gasteiger partial charge in [0, 0.05) is 12.4 Å². The lowest BCUT2D eigenvalue weighted by Crippen LogP contribution is -1.93. The van der Waals surface area contributed by atoms with E-state index in [-0.39, 0.29) is 0 Å². The van der Waals surface area contributed by atoms with E-state index in [2.05, 4.69) is 10.3 Å². The molecule has 0 saturated carbocycles. The first-order valence-corrected chi connectivity index (χ1v) is 4.73. The van der Waals surface area contributed by atoms with E-state index in [0.717, 1.165) is 10.6 Å². The monoisotopic (exact) mass is 209 g/mol. The first-order chi connectivity index (χ1) is 6.68. The van der Waals surface area contributed by atoms with Gasteiger partial charge in [0.15, 0.2) is 0 Å². The maximum Gasteiger partial charge on any atom is 0.336 e. The van der Waals surface area contributed by atoms with Crippen molar-refractivity contribution >= 4 is 17.3 Å². The summed E-state index contributed by atoms with van der Waals surface area (Å²) in [6.07, 6.45) is 1.61. The fourth-order valence-corrected chi connectivity index (χ4v) is 2.02. The molecule has 0 atom stereocenters. The van der Waals surface area contributed by atoms with Crippen molar-refractivity contribution in [1.29, 1.82) is 0 Å². The predicted octanol–water partition coefficient (Wildman–Crippen LogP) is 1.24. The smallest absolute Gasteiger partial charge is 0.336 e. The Hall–Kier alpha value is -1.69. The molecule has 0 amide bonds. The molecule has 0 radical (unpaired) electrons. The Balaban J connectivity index is 2.43. The highest BCUT2D eigenvalue weighted by Gasteiger charge is 2.10. The van der Waals surface area contributed by atoms with Crippen LogP contribution in [0.25, 0.3) is 10.6 Å². The van der Waals surface area contributed by atoms with Gasteiger partial charge in [-0.05, 0) is 6.07 Å². The fourth-order valence-electron chi connectivity index (χ4n) is 1.10. The molecule has 0 aliphatic rings. The van der Waals surface area contributed by atoms with E-state index in [1.54, 1.807) is 29.4 Å². The zero-order valence-corrected chi connectivity index (χ0v) is 8.15. The third kappa shape index (κ3) is 1.39. The number of aryl methyl sites for hydroxylation is 1. The first-order valence-electron chi connectivity index (χ1n) is 3.85. The van der Waals surface area contributed by atoms with Crippen molar-refractivity contribution in [2.45, 2.75) is 0 Å². The second kappa shape index (κ2) is 3.22. The normalized spacial score (nSPS) is 10.4. The molecule has 0 aliphatic heterocycles. The SMILES string of the molecule is Cn1nncc1-c1cc(C(=O)O)cs1. The molecule has 2 heterocycles. The van der Waals surface area contributed by atoms with Gasteiger partial charge in [0.05, 0.1) is 22.3 Å². The van der Waals surface area contributed by atoms with Crippen LogP contribution in [0, 0.1) is 0 Å². The summed E-state index contributed by atoms with van der Waals surface area (Å²) < 4.78 is 1.61. The molecule has 0 aliphatic carbocycles. The molecule has 14 heavy (non-hydrogen) atoms. The summed E-state index contributed by atoms with van der Waals surface area (Å²) in [5.74, 6) is -0.914. The van der Waals surface area contributed by atoms with Crippen LogP contribution in [0.2, 0.25) is 0 Å². The molecular formula is C8H7N3O2S. The van der Waals surface area contributed by atoms with Crippen LogP contribution in [0.3, 0.4) is 0 Å². The third-order valence-corrected chi connectivity index (χ3v) is 2.77. The van der Waals surface area contributed by atoms with Crippen LogP contribution < -0.4 is 0 Å². The van der Waals surface area contributed by atoms with Gasteiger partial charge in [-0.1, -0.05) is 5.21 Å². The lowest BCUT2D eigenvalue weighted by atomic mass is 10.3. The number of thiophene rings is 1. The Kier molecular flexibility index (Phi) is 2.05. The van der Waals surface area contributed by atoms with Gasteiger partial charge in [-0.3, -0.25) is 0 Å². The van der Waals surface area contributed by atoms with E-state index in [1.807, 2.05) is 0 Å². The molecule has 0 bridgehead atoms. The van der Waals surface area contributed by atoms with Crippen LogP contribution in [0.4, 0.5) is 0 Å². The Morgan fingerprint density at radius 3 is 2.93 bits per heavy atom. The van der Waals surface area contributed by atoms with Crippen LogP contribution >= 0.6 is 11.3 Å². The summed E-state index contributed by atoms with van der Waals surface area (Å²) in [5, 5.41) is 17.8. The highest BCUT2D eigenvalue weighted by atomic mass is 32.1. The predicted molar refractivity (Wildman–Crippen MR) is 51.3 cm³/mol. The maximum atomic E-state index is 10.6. The minimum atomic E-state index is -0.914. The van der Waals surface area contributed by atoms with Crippen LogP contribution in [0.1, 0.15) is 10.4 Å². The molecule has 0 saturated heterocycles. The Labute approximate surface area is 83.6 Å². The fraction of sp³-hybridized carbons (Fsp3) is 0.125. The van der Waals surface area contributed by atoms with Gasteiger partial charge in [-0.15, -0.1) is 16.4 Å². The summed E-state index contributed by atoms with van der Waals surface area (Å²) in [6.45, 7) is 0. The van der Waals surface area contributed by atoms with Crippen LogP contribution in [0.5, 0.6) is 0 Å². The summed E-state index contributed by atoms with van der Waals surface area (Å²) in [4.78, 5) is 11.5. The van der Waals surface area contributed by atoms with Gasteiger partial charge in [0.25, 0.3) is 0 Å². The molecule has 6 heteroatoms. The van der Waals surface area contributed by atoms with E-state index in [4.69, 9.17) is 5.11 Å². The van der Waals surface area contributed by atoms with Crippen molar-refractivity contribution in [2.75, 3.05) is 0 Å². The minimum absolute atomic E-state index is 0.297. The zero-order chi connectivity index (χ0) is 10.1. The van der Waals surface area contributed by atoms with Crippen LogP contribution in [-0.2, 0) is 7.05 Å². The number of aromatic nitrogens is 3. The van der Waals surface area contributed by atoms with Gasteiger partial charge in [-0.25, -0.2) is 9.48 Å². The largest absolute Gasteiger partial charge is 0.478 e. The van der Waals surface area contributed by atoms with Crippen molar-refractivity contribution in [3.05, 3.63) is 23.2 Å². The van der Waals surface area contributed by atoms with Crippen molar-refractivity contribution < 1.29 is 9.90 Å². The second-order valence-corrected chi connectivity index (χ2v) is 3.66. The highest BCUT2D eigenvalue weighted by Crippen LogP contribution is 2.25. The minimum Gasteiger partial charge on any atom is -0.478 e. The van der Waals surface area contributed by atoms with Gasteiger partial charge in [-0.2, -0.15) is 0 Å². The number of nitrogens with zero attached hydrogens (tertiary/aromatic N) is 3. The van der Waals surface area contributed by atoms with Gasteiger partial charge in [0.1, 0.15) is 0 Å². The van der Waals surface area contributed by atoms with Gasteiger partial charge in [0.2, 0.25) is 0 Å². The Bertz CT molecular complexity index is 474. The third-order valence-electron chi connectivity index (χ3n) is 1.81. The number of carboxylic acids is 1. The molecule has 2 rings (SSSR count). The first kappa shape index (κ1) is 8.89. The van der Waals surface area contributed by atoms with Gasteiger partial charge < -0.3 is 5.11 Å². The van der Waals surface area contributed by atoms with Crippen molar-refractivity contribution in [1.82, 2.24) is 15.0 Å². The summed E-state index contributed by atoms with van der Waals surface area (Å²) in [6, 6.07) is 1.62. The van der Waals surface area contributed by atoms with Crippen molar-refractivity contribution in [3.8, 4) is 10.6 Å². The molecule has 0 fully saturated rings. The van der Waals surface area contributed by atoms with Gasteiger partial charge >= 0.3 is 5.97 Å². The van der Waals surface area contributed by atoms with E-state index >= 15 is 0 Å². The molecule has 0 spiro atoms. The number of aromatic carboxylic acids is 1. The number of rotatable bonds is 2. The lowest BCUT2D eigenvalue weighted by Gasteiger charge is -1.93. The second-order valence-electron chi connectivity index (χ2n) is 2.75. The average molecular weight is 209 g/mol. The van der Waals surface area contributed by atoms with Crippen LogP contribution in [0.15, 0.2) is 17.6 Å². The van der Waals surface area contributed by atoms with E-state index in [9.17, 15) is 4.79 Å². The highest BCUT2D eigenvalue weighted by molar-refractivity contribution is 7.13. The molecule has 5 nitrogen and oxygen atoms in total. The van der Waals surface area contributed by atoms with E-state index in [0.29, 0.717) is 5.56 Å². The molecule has 0 unspecified atom stereocenters. The van der Waals surface area contributed by atoms with Crippen molar-refractivity contribution in [2.24, 2.45) is 7.05 Å². The topological polar surface area (TPSA) is 68.0 Å². The molecule has 2 aromatic rings. The summed E-state index contributed by atoms with van der Waals surface area (Å²) in [5.41, 5.74) is 1.12. The maximum absolute atomic E-state index is 10.6. The molecule has 2 aromatic heterocycles. The summed E-state index contributed by atoms with van der Waals surface area (Å²) >= 11 is 1.37. The number of carboxylic acid groups (broad SMARTS) is 1. The van der Waals surface area contributed by atoms with Crippen LogP contribution in [-0.4, -0.2) is 26.1 Å². The zero-order valence-electron chi connectivity index (χ0n) is 7.34. The van der Waals surface area contributed by atoms with E-state index < -0.39 is 5.97 Å². The lowest BCUT2D eigenvalue weighted by molar-refractivity contribution is 0.0697. The quantitative estimate of drug-likeness (QED) is 0.808. The number of hydrogen-bond donors (Lipinski definition) is 1. The number of carbonyl (C=O) groups is 1. The Morgan fingerprint density at radius 2 is 2.43 bits per heavy atom. The average Bonchev–Trinajstić information content (AvgIpc) is 2.71. The summed E-state index contributed by atoms with van der Waals surface area (Å²) in [7, 11) is 1.77. The molecule has 0 aromatic carbocycles.